The number of carbonyl (C=O) groups is 1. The van der Waals surface area contributed by atoms with Gasteiger partial charge in [-0.25, -0.2) is 5.43 Å². The van der Waals surface area contributed by atoms with Gasteiger partial charge in [0.05, 0.1) is 6.21 Å². The van der Waals surface area contributed by atoms with Gasteiger partial charge in [-0.3, -0.25) is 9.78 Å². The van der Waals surface area contributed by atoms with E-state index in [1.165, 1.54) is 0 Å². The lowest BCUT2D eigenvalue weighted by molar-refractivity contribution is -0.120. The van der Waals surface area contributed by atoms with E-state index in [1.54, 1.807) is 25.5 Å². The summed E-state index contributed by atoms with van der Waals surface area (Å²) in [5, 5.41) is 3.75. The average molecular weight is 177 g/mol. The van der Waals surface area contributed by atoms with Gasteiger partial charge in [0.15, 0.2) is 0 Å². The van der Waals surface area contributed by atoms with Crippen molar-refractivity contribution in [2.45, 2.75) is 13.3 Å². The molecule has 0 fully saturated rings. The van der Waals surface area contributed by atoms with E-state index >= 15 is 0 Å². The van der Waals surface area contributed by atoms with Gasteiger partial charge in [-0.1, -0.05) is 13.0 Å². The van der Waals surface area contributed by atoms with Crippen molar-refractivity contribution in [3.63, 3.8) is 0 Å². The van der Waals surface area contributed by atoms with E-state index in [1.807, 2.05) is 12.1 Å². The highest BCUT2D eigenvalue weighted by Gasteiger charge is 1.90. The second kappa shape index (κ2) is 5.03. The number of hydrogen-bond acceptors (Lipinski definition) is 3. The van der Waals surface area contributed by atoms with Gasteiger partial charge in [-0.15, -0.1) is 0 Å². The molecule has 4 heteroatoms. The Morgan fingerprint density at radius 3 is 3.23 bits per heavy atom. The first kappa shape index (κ1) is 9.38. The molecule has 0 unspecified atom stereocenters. The molecule has 1 N–H and O–H groups in total. The topological polar surface area (TPSA) is 54.4 Å². The minimum absolute atomic E-state index is 0.0971. The van der Waals surface area contributed by atoms with Crippen molar-refractivity contribution in [2.75, 3.05) is 0 Å². The normalized spacial score (nSPS) is 10.2. The fraction of sp³-hybridized carbons (Fsp3) is 0.222. The fourth-order valence-corrected chi connectivity index (χ4v) is 0.710. The van der Waals surface area contributed by atoms with Crippen LogP contribution in [0.5, 0.6) is 0 Å². The Hall–Kier alpha value is -1.71. The lowest BCUT2D eigenvalue weighted by Gasteiger charge is -1.93. The van der Waals surface area contributed by atoms with Crippen LogP contribution in [0.4, 0.5) is 0 Å². The number of hydrazone groups is 1. The van der Waals surface area contributed by atoms with E-state index in [-0.39, 0.29) is 5.91 Å². The van der Waals surface area contributed by atoms with Crippen molar-refractivity contribution < 1.29 is 4.79 Å². The Morgan fingerprint density at radius 1 is 1.77 bits per heavy atom. The number of aromatic nitrogens is 1. The Labute approximate surface area is 76.7 Å². The summed E-state index contributed by atoms with van der Waals surface area (Å²) in [6.45, 7) is 1.77. The Bertz CT molecular complexity index is 295. The van der Waals surface area contributed by atoms with Crippen LogP contribution in [-0.4, -0.2) is 17.1 Å². The number of rotatable bonds is 3. The first-order chi connectivity index (χ1) is 6.33. The van der Waals surface area contributed by atoms with Crippen molar-refractivity contribution in [1.29, 1.82) is 0 Å². The smallest absolute Gasteiger partial charge is 0.239 e. The molecule has 13 heavy (non-hydrogen) atoms. The second-order valence-corrected chi connectivity index (χ2v) is 2.43. The molecule has 1 aromatic heterocycles. The van der Waals surface area contributed by atoms with E-state index in [0.29, 0.717) is 6.42 Å². The molecule has 0 radical (unpaired) electrons. The van der Waals surface area contributed by atoms with Gasteiger partial charge in [0.25, 0.3) is 0 Å². The van der Waals surface area contributed by atoms with Crippen LogP contribution in [-0.2, 0) is 4.79 Å². The largest absolute Gasteiger partial charge is 0.273 e. The zero-order valence-corrected chi connectivity index (χ0v) is 7.40. The maximum absolute atomic E-state index is 10.8. The summed E-state index contributed by atoms with van der Waals surface area (Å²) in [5.41, 5.74) is 3.24. The van der Waals surface area contributed by atoms with Gasteiger partial charge in [-0.05, 0) is 6.07 Å². The molecular formula is C9H11N3O. The molecule has 1 heterocycles. The molecule has 0 aliphatic rings. The number of nitrogens with one attached hydrogen (secondary N) is 1. The van der Waals surface area contributed by atoms with Crippen LogP contribution in [0.1, 0.15) is 18.9 Å². The summed E-state index contributed by atoms with van der Waals surface area (Å²) in [7, 11) is 0. The monoisotopic (exact) mass is 177 g/mol. The number of amides is 1. The number of nitrogens with zero attached hydrogens (tertiary/aromatic N) is 2. The van der Waals surface area contributed by atoms with E-state index in [0.717, 1.165) is 5.56 Å². The van der Waals surface area contributed by atoms with Crippen molar-refractivity contribution in [3.8, 4) is 0 Å². The molecule has 0 aliphatic carbocycles. The van der Waals surface area contributed by atoms with Gasteiger partial charge in [0.1, 0.15) is 0 Å². The van der Waals surface area contributed by atoms with Crippen molar-refractivity contribution in [2.24, 2.45) is 5.10 Å². The van der Waals surface area contributed by atoms with Crippen molar-refractivity contribution >= 4 is 12.1 Å². The summed E-state index contributed by atoms with van der Waals surface area (Å²) in [6, 6.07) is 3.66. The second-order valence-electron chi connectivity index (χ2n) is 2.43. The molecule has 0 aromatic carbocycles. The molecule has 1 amide bonds. The molecule has 0 aliphatic heterocycles. The van der Waals surface area contributed by atoms with Gasteiger partial charge in [0.2, 0.25) is 5.91 Å². The zero-order chi connectivity index (χ0) is 9.52. The number of carbonyl (C=O) groups excluding carboxylic acids is 1. The third-order valence-corrected chi connectivity index (χ3v) is 1.41. The number of hydrogen-bond donors (Lipinski definition) is 1. The fourth-order valence-electron chi connectivity index (χ4n) is 0.710. The lowest BCUT2D eigenvalue weighted by Crippen LogP contribution is -2.15. The van der Waals surface area contributed by atoms with Gasteiger partial charge in [-0.2, -0.15) is 5.10 Å². The lowest BCUT2D eigenvalue weighted by atomic mass is 10.3. The van der Waals surface area contributed by atoms with Crippen LogP contribution in [0.2, 0.25) is 0 Å². The van der Waals surface area contributed by atoms with Crippen LogP contribution >= 0.6 is 0 Å². The van der Waals surface area contributed by atoms with E-state index < -0.39 is 0 Å². The first-order valence-electron chi connectivity index (χ1n) is 4.05. The Kier molecular flexibility index (Phi) is 3.63. The molecular weight excluding hydrogens is 166 g/mol. The minimum Gasteiger partial charge on any atom is -0.273 e. The van der Waals surface area contributed by atoms with E-state index in [2.05, 4.69) is 15.5 Å². The van der Waals surface area contributed by atoms with Crippen LogP contribution in [0, 0.1) is 0 Å². The molecule has 1 aromatic rings. The van der Waals surface area contributed by atoms with Gasteiger partial charge >= 0.3 is 0 Å². The summed E-state index contributed by atoms with van der Waals surface area (Å²) < 4.78 is 0. The zero-order valence-electron chi connectivity index (χ0n) is 7.40. The van der Waals surface area contributed by atoms with Crippen LogP contribution in [0.3, 0.4) is 0 Å². The molecule has 0 bridgehead atoms. The molecule has 0 spiro atoms. The van der Waals surface area contributed by atoms with Crippen molar-refractivity contribution in [1.82, 2.24) is 10.4 Å². The predicted octanol–water partition coefficient (Wildman–Crippen LogP) is 0.942. The van der Waals surface area contributed by atoms with E-state index in [4.69, 9.17) is 0 Å². The molecule has 0 atom stereocenters. The Morgan fingerprint density at radius 2 is 2.62 bits per heavy atom. The maximum Gasteiger partial charge on any atom is 0.239 e. The highest BCUT2D eigenvalue weighted by Crippen LogP contribution is 1.89. The Balaban J connectivity index is 2.45. The third-order valence-electron chi connectivity index (χ3n) is 1.41. The summed E-state index contributed by atoms with van der Waals surface area (Å²) >= 11 is 0. The molecule has 0 saturated heterocycles. The summed E-state index contributed by atoms with van der Waals surface area (Å²) in [5.74, 6) is -0.0971. The van der Waals surface area contributed by atoms with Gasteiger partial charge in [0, 0.05) is 24.4 Å². The first-order valence-corrected chi connectivity index (χ1v) is 4.05. The summed E-state index contributed by atoms with van der Waals surface area (Å²) in [4.78, 5) is 14.7. The quantitative estimate of drug-likeness (QED) is 0.552. The van der Waals surface area contributed by atoms with Crippen LogP contribution in [0.15, 0.2) is 29.6 Å². The third kappa shape index (κ3) is 3.46. The highest BCUT2D eigenvalue weighted by molar-refractivity contribution is 5.81. The van der Waals surface area contributed by atoms with Crippen molar-refractivity contribution in [3.05, 3.63) is 30.1 Å². The predicted molar refractivity (Wildman–Crippen MR) is 50.3 cm³/mol. The molecule has 4 nitrogen and oxygen atoms in total. The summed E-state index contributed by atoms with van der Waals surface area (Å²) in [6.07, 6.45) is 5.34. The number of pyridine rings is 1. The van der Waals surface area contributed by atoms with E-state index in [9.17, 15) is 4.79 Å². The van der Waals surface area contributed by atoms with Crippen LogP contribution in [0.25, 0.3) is 0 Å². The van der Waals surface area contributed by atoms with Gasteiger partial charge < -0.3 is 0 Å². The molecule has 0 saturated carbocycles. The van der Waals surface area contributed by atoms with Crippen LogP contribution < -0.4 is 5.43 Å². The molecule has 68 valence electrons. The average Bonchev–Trinajstić information content (AvgIpc) is 2.19. The molecule has 1 rings (SSSR count). The minimum atomic E-state index is -0.0971. The highest BCUT2D eigenvalue weighted by atomic mass is 16.2. The maximum atomic E-state index is 10.8. The standard InChI is InChI=1S/C9H11N3O/c1-2-9(13)12-11-7-8-4-3-5-10-6-8/h3-7H,2H2,1H3,(H,12,13)/b11-7-. The SMILES string of the molecule is CCC(=O)N/N=C\c1cccnc1.